The Balaban J connectivity index is 1.84. The van der Waals surface area contributed by atoms with Crippen LogP contribution in [0.1, 0.15) is 31.0 Å². The molecule has 0 spiro atoms. The fraction of sp³-hybridized carbons (Fsp3) is 0.474. The average molecular weight is 325 g/mol. The van der Waals surface area contributed by atoms with Gasteiger partial charge in [-0.2, -0.15) is 4.98 Å². The first-order chi connectivity index (χ1) is 11.5. The second-order valence-corrected chi connectivity index (χ2v) is 6.85. The molecule has 0 radical (unpaired) electrons. The smallest absolute Gasteiger partial charge is 0.227 e. The maximum Gasteiger partial charge on any atom is 0.227 e. The minimum absolute atomic E-state index is 0.466. The molecule has 1 aliphatic rings. The lowest BCUT2D eigenvalue weighted by molar-refractivity contribution is 0.311. The van der Waals surface area contributed by atoms with Crippen molar-refractivity contribution in [2.24, 2.45) is 0 Å². The van der Waals surface area contributed by atoms with E-state index in [9.17, 15) is 0 Å². The SMILES string of the molecule is Cc1cc(Nc2ccccc2C(C)C)nc(N2CCN(C)CC2)n1. The predicted octanol–water partition coefficient (Wildman–Crippen LogP) is 3.40. The highest BCUT2D eigenvalue weighted by Crippen LogP contribution is 2.27. The van der Waals surface area contributed by atoms with E-state index in [2.05, 4.69) is 65.3 Å². The highest BCUT2D eigenvalue weighted by Gasteiger charge is 2.17. The van der Waals surface area contributed by atoms with Crippen molar-refractivity contribution in [2.45, 2.75) is 26.7 Å². The number of benzene rings is 1. The van der Waals surface area contributed by atoms with Crippen LogP contribution in [0.2, 0.25) is 0 Å². The number of hydrogen-bond donors (Lipinski definition) is 1. The lowest BCUT2D eigenvalue weighted by atomic mass is 10.0. The molecule has 24 heavy (non-hydrogen) atoms. The molecule has 0 unspecified atom stereocenters. The van der Waals surface area contributed by atoms with Crippen LogP contribution in [0.5, 0.6) is 0 Å². The second-order valence-electron chi connectivity index (χ2n) is 6.85. The van der Waals surface area contributed by atoms with Gasteiger partial charge >= 0.3 is 0 Å². The summed E-state index contributed by atoms with van der Waals surface area (Å²) in [6.07, 6.45) is 0. The molecule has 0 saturated carbocycles. The van der Waals surface area contributed by atoms with Gasteiger partial charge in [0.1, 0.15) is 5.82 Å². The van der Waals surface area contributed by atoms with Crippen LogP contribution in [0, 0.1) is 6.92 Å². The molecule has 1 fully saturated rings. The number of rotatable bonds is 4. The van der Waals surface area contributed by atoms with E-state index in [-0.39, 0.29) is 0 Å². The topological polar surface area (TPSA) is 44.3 Å². The molecular weight excluding hydrogens is 298 g/mol. The number of anilines is 3. The van der Waals surface area contributed by atoms with Crippen molar-refractivity contribution in [3.63, 3.8) is 0 Å². The second kappa shape index (κ2) is 7.18. The standard InChI is InChI=1S/C19H27N5/c1-14(2)16-7-5-6-8-17(16)21-18-13-15(3)20-19(22-18)24-11-9-23(4)10-12-24/h5-8,13-14H,9-12H2,1-4H3,(H,20,21,22). The van der Waals surface area contributed by atoms with Gasteiger partial charge in [0, 0.05) is 43.6 Å². The Kier molecular flexibility index (Phi) is 5.00. The Morgan fingerprint density at radius 3 is 2.46 bits per heavy atom. The maximum absolute atomic E-state index is 4.76. The highest BCUT2D eigenvalue weighted by molar-refractivity contribution is 5.62. The number of piperazine rings is 1. The normalized spacial score (nSPS) is 15.8. The van der Waals surface area contributed by atoms with E-state index in [4.69, 9.17) is 4.98 Å². The summed E-state index contributed by atoms with van der Waals surface area (Å²) in [6, 6.07) is 10.4. The van der Waals surface area contributed by atoms with Gasteiger partial charge in [0.2, 0.25) is 5.95 Å². The summed E-state index contributed by atoms with van der Waals surface area (Å²) >= 11 is 0. The summed E-state index contributed by atoms with van der Waals surface area (Å²) < 4.78 is 0. The van der Waals surface area contributed by atoms with Crippen LogP contribution >= 0.6 is 0 Å². The summed E-state index contributed by atoms with van der Waals surface area (Å²) in [5.41, 5.74) is 3.41. The third-order valence-electron chi connectivity index (χ3n) is 4.47. The third kappa shape index (κ3) is 3.85. The predicted molar refractivity (Wildman–Crippen MR) is 100 cm³/mol. The minimum atomic E-state index is 0.466. The summed E-state index contributed by atoms with van der Waals surface area (Å²) in [7, 11) is 2.16. The molecular formula is C19H27N5. The molecule has 1 N–H and O–H groups in total. The largest absolute Gasteiger partial charge is 0.340 e. The number of aromatic nitrogens is 2. The number of likely N-dealkylation sites (N-methyl/N-ethyl adjacent to an activating group) is 1. The molecule has 1 aromatic carbocycles. The summed E-state index contributed by atoms with van der Waals surface area (Å²) in [6.45, 7) is 10.5. The minimum Gasteiger partial charge on any atom is -0.340 e. The van der Waals surface area contributed by atoms with Crippen LogP contribution in [0.4, 0.5) is 17.5 Å². The zero-order valence-corrected chi connectivity index (χ0v) is 15.1. The maximum atomic E-state index is 4.76. The van der Waals surface area contributed by atoms with Gasteiger partial charge in [-0.15, -0.1) is 0 Å². The van der Waals surface area contributed by atoms with Crippen molar-refractivity contribution >= 4 is 17.5 Å². The van der Waals surface area contributed by atoms with Gasteiger partial charge in [-0.05, 0) is 31.5 Å². The monoisotopic (exact) mass is 325 g/mol. The zero-order chi connectivity index (χ0) is 17.1. The molecule has 2 aromatic rings. The lowest BCUT2D eigenvalue weighted by Crippen LogP contribution is -2.45. The van der Waals surface area contributed by atoms with E-state index >= 15 is 0 Å². The number of nitrogens with one attached hydrogen (secondary N) is 1. The van der Waals surface area contributed by atoms with E-state index in [0.29, 0.717) is 5.92 Å². The molecule has 0 amide bonds. The van der Waals surface area contributed by atoms with Crippen molar-refractivity contribution in [2.75, 3.05) is 43.4 Å². The summed E-state index contributed by atoms with van der Waals surface area (Å²) in [4.78, 5) is 14.0. The van der Waals surface area contributed by atoms with Gasteiger partial charge in [-0.1, -0.05) is 32.0 Å². The summed E-state index contributed by atoms with van der Waals surface area (Å²) in [5, 5.41) is 3.49. The number of para-hydroxylation sites is 1. The Morgan fingerprint density at radius 2 is 1.75 bits per heavy atom. The van der Waals surface area contributed by atoms with E-state index in [1.54, 1.807) is 0 Å². The van der Waals surface area contributed by atoms with E-state index in [1.807, 2.05) is 13.0 Å². The molecule has 1 aliphatic heterocycles. The molecule has 5 nitrogen and oxygen atoms in total. The molecule has 0 bridgehead atoms. The fourth-order valence-electron chi connectivity index (χ4n) is 3.02. The first-order valence-electron chi connectivity index (χ1n) is 8.68. The van der Waals surface area contributed by atoms with Crippen molar-refractivity contribution in [3.05, 3.63) is 41.6 Å². The van der Waals surface area contributed by atoms with Gasteiger partial charge in [0.05, 0.1) is 0 Å². The molecule has 5 heteroatoms. The zero-order valence-electron chi connectivity index (χ0n) is 15.1. The fourth-order valence-corrected chi connectivity index (χ4v) is 3.02. The molecule has 128 valence electrons. The van der Waals surface area contributed by atoms with Gasteiger partial charge in [0.25, 0.3) is 0 Å². The number of aryl methyl sites for hydroxylation is 1. The van der Waals surface area contributed by atoms with Crippen molar-refractivity contribution in [1.29, 1.82) is 0 Å². The van der Waals surface area contributed by atoms with Gasteiger partial charge < -0.3 is 15.1 Å². The van der Waals surface area contributed by atoms with Crippen LogP contribution in [0.15, 0.2) is 30.3 Å². The molecule has 0 atom stereocenters. The van der Waals surface area contributed by atoms with E-state index < -0.39 is 0 Å². The average Bonchev–Trinajstić information content (AvgIpc) is 2.55. The molecule has 1 saturated heterocycles. The van der Waals surface area contributed by atoms with Gasteiger partial charge in [-0.3, -0.25) is 0 Å². The van der Waals surface area contributed by atoms with Gasteiger partial charge in [-0.25, -0.2) is 4.98 Å². The Labute approximate surface area is 144 Å². The Hall–Kier alpha value is -2.14. The first-order valence-corrected chi connectivity index (χ1v) is 8.68. The number of nitrogens with zero attached hydrogens (tertiary/aromatic N) is 4. The van der Waals surface area contributed by atoms with Crippen LogP contribution in [-0.4, -0.2) is 48.1 Å². The quantitative estimate of drug-likeness (QED) is 0.933. The van der Waals surface area contributed by atoms with Crippen LogP contribution < -0.4 is 10.2 Å². The summed E-state index contributed by atoms with van der Waals surface area (Å²) in [5.74, 6) is 2.16. The first kappa shape index (κ1) is 16.7. The van der Waals surface area contributed by atoms with E-state index in [1.165, 1.54) is 5.56 Å². The van der Waals surface area contributed by atoms with Gasteiger partial charge in [0.15, 0.2) is 0 Å². The van der Waals surface area contributed by atoms with Crippen LogP contribution in [0.25, 0.3) is 0 Å². The number of hydrogen-bond acceptors (Lipinski definition) is 5. The van der Waals surface area contributed by atoms with Crippen molar-refractivity contribution in [3.8, 4) is 0 Å². The molecule has 2 heterocycles. The Morgan fingerprint density at radius 1 is 1.04 bits per heavy atom. The molecule has 1 aromatic heterocycles. The van der Waals surface area contributed by atoms with Crippen molar-refractivity contribution in [1.82, 2.24) is 14.9 Å². The third-order valence-corrected chi connectivity index (χ3v) is 4.47. The molecule has 3 rings (SSSR count). The lowest BCUT2D eigenvalue weighted by Gasteiger charge is -2.32. The highest BCUT2D eigenvalue weighted by atomic mass is 15.3. The van der Waals surface area contributed by atoms with Crippen LogP contribution in [0.3, 0.4) is 0 Å². The Bertz CT molecular complexity index is 690. The van der Waals surface area contributed by atoms with Crippen LogP contribution in [-0.2, 0) is 0 Å². The molecule has 0 aliphatic carbocycles. The van der Waals surface area contributed by atoms with Crippen molar-refractivity contribution < 1.29 is 0 Å². The van der Waals surface area contributed by atoms with E-state index in [0.717, 1.165) is 49.3 Å².